The first-order valence-electron chi connectivity index (χ1n) is 13.5. The molecule has 0 spiro atoms. The van der Waals surface area contributed by atoms with Crippen LogP contribution in [0.5, 0.6) is 0 Å². The lowest BCUT2D eigenvalue weighted by molar-refractivity contribution is -0.133. The summed E-state index contributed by atoms with van der Waals surface area (Å²) >= 11 is 0. The highest BCUT2D eigenvalue weighted by atomic mass is 32.2. The lowest BCUT2D eigenvalue weighted by Crippen LogP contribution is -2.52. The SMILES string of the molecule is C[C@H](Nc1nc(N2CCOCC2)cc(-n2c(C(F)F)nc3ccccc32)n1)C(=O)N1CCN(CCS(C)(=O)=O)CC1. The molecule has 2 saturated heterocycles. The van der Waals surface area contributed by atoms with E-state index in [1.54, 1.807) is 42.2 Å². The van der Waals surface area contributed by atoms with E-state index in [0.717, 1.165) is 0 Å². The fourth-order valence-electron chi connectivity index (χ4n) is 5.00. The average Bonchev–Trinajstić information content (AvgIpc) is 3.36. The quantitative estimate of drug-likeness (QED) is 0.392. The molecule has 3 aromatic rings. The summed E-state index contributed by atoms with van der Waals surface area (Å²) in [4.78, 5) is 32.4. The summed E-state index contributed by atoms with van der Waals surface area (Å²) in [5.41, 5.74) is 0.904. The number of morpholine rings is 1. The van der Waals surface area contributed by atoms with E-state index in [4.69, 9.17) is 4.74 Å². The number of anilines is 2. The van der Waals surface area contributed by atoms with Crippen molar-refractivity contribution < 1.29 is 26.7 Å². The monoisotopic (exact) mass is 592 g/mol. The summed E-state index contributed by atoms with van der Waals surface area (Å²) in [5, 5.41) is 3.09. The Labute approximate surface area is 237 Å². The number of hydrogen-bond donors (Lipinski definition) is 1. The molecule has 4 heterocycles. The number of aromatic nitrogens is 4. The van der Waals surface area contributed by atoms with Crippen molar-refractivity contribution in [2.24, 2.45) is 0 Å². The van der Waals surface area contributed by atoms with E-state index in [0.29, 0.717) is 75.9 Å². The zero-order chi connectivity index (χ0) is 29.1. The minimum absolute atomic E-state index is 0.0809. The number of nitrogens with one attached hydrogen (secondary N) is 1. The highest BCUT2D eigenvalue weighted by Crippen LogP contribution is 2.29. The number of benzene rings is 1. The van der Waals surface area contributed by atoms with Gasteiger partial charge in [-0.2, -0.15) is 9.97 Å². The van der Waals surface area contributed by atoms with Gasteiger partial charge in [0.15, 0.2) is 5.82 Å². The van der Waals surface area contributed by atoms with E-state index in [2.05, 4.69) is 20.3 Å². The molecule has 0 bridgehead atoms. The number of nitrogens with zero attached hydrogens (tertiary/aromatic N) is 7. The van der Waals surface area contributed by atoms with Gasteiger partial charge in [0.2, 0.25) is 11.9 Å². The third kappa shape index (κ3) is 6.90. The molecule has 1 atom stereocenters. The zero-order valence-electron chi connectivity index (χ0n) is 23.0. The molecule has 1 amide bonds. The fourth-order valence-corrected chi connectivity index (χ4v) is 5.59. The van der Waals surface area contributed by atoms with Crippen LogP contribution in [0.15, 0.2) is 30.3 Å². The Morgan fingerprint density at radius 3 is 2.39 bits per heavy atom. The van der Waals surface area contributed by atoms with Gasteiger partial charge in [-0.05, 0) is 19.1 Å². The van der Waals surface area contributed by atoms with E-state index in [1.165, 1.54) is 10.8 Å². The Balaban J connectivity index is 1.39. The molecule has 0 radical (unpaired) electrons. The second-order valence-corrected chi connectivity index (χ2v) is 12.5. The molecule has 1 N–H and O–H groups in total. The van der Waals surface area contributed by atoms with E-state index in [-0.39, 0.29) is 23.4 Å². The summed E-state index contributed by atoms with van der Waals surface area (Å²) in [6.07, 6.45) is -1.62. The van der Waals surface area contributed by atoms with Gasteiger partial charge in [0, 0.05) is 58.1 Å². The Morgan fingerprint density at radius 2 is 1.71 bits per heavy atom. The maximum atomic E-state index is 14.1. The van der Waals surface area contributed by atoms with Crippen molar-refractivity contribution in [1.29, 1.82) is 0 Å². The Kier molecular flexibility index (Phi) is 8.66. The fraction of sp³-hybridized carbons (Fsp3) is 0.538. The number of carbonyl (C=O) groups excluding carboxylic acids is 1. The summed E-state index contributed by atoms with van der Waals surface area (Å²) in [7, 11) is -3.06. The van der Waals surface area contributed by atoms with Crippen LogP contribution in [0.25, 0.3) is 16.9 Å². The third-order valence-electron chi connectivity index (χ3n) is 7.22. The first-order chi connectivity index (χ1) is 19.6. The number of para-hydroxylation sites is 2. The summed E-state index contributed by atoms with van der Waals surface area (Å²) in [5.74, 6) is 0.370. The van der Waals surface area contributed by atoms with E-state index in [1.807, 2.05) is 9.80 Å². The largest absolute Gasteiger partial charge is 0.378 e. The highest BCUT2D eigenvalue weighted by molar-refractivity contribution is 7.90. The van der Waals surface area contributed by atoms with Gasteiger partial charge in [0.1, 0.15) is 27.5 Å². The van der Waals surface area contributed by atoms with Crippen LogP contribution in [-0.4, -0.2) is 121 Å². The molecule has 2 aliphatic rings. The molecule has 2 aromatic heterocycles. The van der Waals surface area contributed by atoms with Crippen molar-refractivity contribution in [3.63, 3.8) is 0 Å². The van der Waals surface area contributed by atoms with Gasteiger partial charge in [-0.1, -0.05) is 12.1 Å². The molecule has 12 nitrogen and oxygen atoms in total. The van der Waals surface area contributed by atoms with Gasteiger partial charge in [-0.25, -0.2) is 22.2 Å². The van der Waals surface area contributed by atoms with Gasteiger partial charge in [0.25, 0.3) is 6.43 Å². The minimum atomic E-state index is -3.06. The summed E-state index contributed by atoms with van der Waals surface area (Å²) in [6.45, 7) is 6.37. The first-order valence-corrected chi connectivity index (χ1v) is 15.6. The number of carbonyl (C=O) groups is 1. The van der Waals surface area contributed by atoms with Gasteiger partial charge < -0.3 is 19.9 Å². The number of halogens is 2. The molecule has 0 saturated carbocycles. The second kappa shape index (κ2) is 12.2. The van der Waals surface area contributed by atoms with Gasteiger partial charge >= 0.3 is 0 Å². The van der Waals surface area contributed by atoms with Crippen molar-refractivity contribution in [3.05, 3.63) is 36.2 Å². The smallest absolute Gasteiger partial charge is 0.296 e. The van der Waals surface area contributed by atoms with Crippen molar-refractivity contribution in [2.75, 3.05) is 81.3 Å². The van der Waals surface area contributed by atoms with Crippen LogP contribution in [0.1, 0.15) is 19.2 Å². The number of imidazole rings is 1. The Hall–Kier alpha value is -3.43. The number of hydrogen-bond acceptors (Lipinski definition) is 10. The molecule has 1 aromatic carbocycles. The standard InChI is InChI=1S/C26H34F2N8O4S/c1-18(25(37)35-9-7-33(8-10-35)13-16-41(2,38)39)29-26-31-21(34-11-14-40-15-12-34)17-22(32-26)36-20-6-4-3-5-19(20)30-24(36)23(27)28/h3-6,17-18,23H,7-16H2,1-2H3,(H,29,31,32)/t18-/m0/s1. The molecule has 15 heteroatoms. The van der Waals surface area contributed by atoms with Crippen LogP contribution >= 0.6 is 0 Å². The van der Waals surface area contributed by atoms with Crippen molar-refractivity contribution in [2.45, 2.75) is 19.4 Å². The number of ether oxygens (including phenoxy) is 1. The van der Waals surface area contributed by atoms with Crippen LogP contribution < -0.4 is 10.2 Å². The third-order valence-corrected chi connectivity index (χ3v) is 8.15. The lowest BCUT2D eigenvalue weighted by atomic mass is 10.2. The number of amides is 1. The van der Waals surface area contributed by atoms with E-state index >= 15 is 0 Å². The minimum Gasteiger partial charge on any atom is -0.378 e. The average molecular weight is 593 g/mol. The van der Waals surface area contributed by atoms with Gasteiger partial charge in [-0.15, -0.1) is 0 Å². The molecule has 2 aliphatic heterocycles. The zero-order valence-corrected chi connectivity index (χ0v) is 23.9. The molecule has 41 heavy (non-hydrogen) atoms. The molecule has 0 unspecified atom stereocenters. The number of sulfone groups is 1. The van der Waals surface area contributed by atoms with Crippen LogP contribution in [0, 0.1) is 0 Å². The predicted octanol–water partition coefficient (Wildman–Crippen LogP) is 1.58. The summed E-state index contributed by atoms with van der Waals surface area (Å²) in [6, 6.07) is 7.82. The maximum Gasteiger partial charge on any atom is 0.296 e. The number of fused-ring (bicyclic) bond motifs is 1. The molecular weight excluding hydrogens is 558 g/mol. The second-order valence-electron chi connectivity index (χ2n) is 10.3. The highest BCUT2D eigenvalue weighted by Gasteiger charge is 2.27. The molecule has 2 fully saturated rings. The van der Waals surface area contributed by atoms with E-state index < -0.39 is 28.1 Å². The van der Waals surface area contributed by atoms with Crippen molar-refractivity contribution >= 4 is 38.5 Å². The lowest BCUT2D eigenvalue weighted by Gasteiger charge is -2.36. The van der Waals surface area contributed by atoms with Crippen molar-refractivity contribution in [3.8, 4) is 5.82 Å². The molecular formula is C26H34F2N8O4S. The first kappa shape index (κ1) is 29.1. The maximum absolute atomic E-state index is 14.1. The van der Waals surface area contributed by atoms with Gasteiger partial charge in [-0.3, -0.25) is 14.3 Å². The van der Waals surface area contributed by atoms with Crippen LogP contribution in [-0.2, 0) is 19.4 Å². The number of piperazine rings is 1. The van der Waals surface area contributed by atoms with Crippen LogP contribution in [0.3, 0.4) is 0 Å². The van der Waals surface area contributed by atoms with Crippen LogP contribution in [0.2, 0.25) is 0 Å². The molecule has 5 rings (SSSR count). The van der Waals surface area contributed by atoms with E-state index in [9.17, 15) is 22.0 Å². The normalized spacial score (nSPS) is 17.8. The molecule has 222 valence electrons. The van der Waals surface area contributed by atoms with Crippen molar-refractivity contribution in [1.82, 2.24) is 29.3 Å². The topological polar surface area (TPSA) is 126 Å². The Morgan fingerprint density at radius 1 is 1.02 bits per heavy atom. The molecule has 0 aliphatic carbocycles. The predicted molar refractivity (Wildman–Crippen MR) is 150 cm³/mol. The van der Waals surface area contributed by atoms with Gasteiger partial charge in [0.05, 0.1) is 30.0 Å². The Bertz CT molecular complexity index is 1490. The number of rotatable bonds is 9. The summed E-state index contributed by atoms with van der Waals surface area (Å²) < 4.78 is 58.0. The number of alkyl halides is 2. The van der Waals surface area contributed by atoms with Crippen LogP contribution in [0.4, 0.5) is 20.5 Å².